The highest BCUT2D eigenvalue weighted by Crippen LogP contribution is 2.51. The van der Waals surface area contributed by atoms with Gasteiger partial charge in [-0.1, -0.05) is 66.2 Å². The number of hydrogen-bond acceptors (Lipinski definition) is 3. The van der Waals surface area contributed by atoms with E-state index in [2.05, 4.69) is 37.3 Å². The molecule has 126 valence electrons. The van der Waals surface area contributed by atoms with Gasteiger partial charge in [0.25, 0.3) is 0 Å². The Morgan fingerprint density at radius 1 is 0.885 bits per heavy atom. The highest BCUT2D eigenvalue weighted by atomic mass is 32.2. The van der Waals surface area contributed by atoms with Crippen molar-refractivity contribution in [1.82, 2.24) is 0 Å². The number of carbonyl (C=O) groups is 1. The summed E-state index contributed by atoms with van der Waals surface area (Å²) in [5, 5.41) is 0.0252. The molecule has 5 rings (SSSR count). The zero-order valence-electron chi connectivity index (χ0n) is 14.3. The average Bonchev–Trinajstić information content (AvgIpc) is 2.83. The summed E-state index contributed by atoms with van der Waals surface area (Å²) in [6.07, 6.45) is 0. The van der Waals surface area contributed by atoms with Crippen LogP contribution in [0.2, 0.25) is 0 Å². The SMILES string of the molecule is Cc1cccc([C@@H]2Sc3ccccc3N=C3c4ccccc4C(=O)[C@H]32)c1. The van der Waals surface area contributed by atoms with Crippen molar-refractivity contribution in [2.45, 2.75) is 17.1 Å². The molecule has 0 spiro atoms. The van der Waals surface area contributed by atoms with E-state index in [0.717, 1.165) is 27.4 Å². The number of hydrogen-bond donors (Lipinski definition) is 0. The van der Waals surface area contributed by atoms with Gasteiger partial charge in [-0.2, -0.15) is 0 Å². The minimum absolute atomic E-state index is 0.0252. The molecule has 0 fully saturated rings. The van der Waals surface area contributed by atoms with Crippen LogP contribution in [-0.4, -0.2) is 11.5 Å². The molecule has 1 aliphatic carbocycles. The van der Waals surface area contributed by atoms with Gasteiger partial charge < -0.3 is 0 Å². The molecule has 1 aliphatic heterocycles. The van der Waals surface area contributed by atoms with Gasteiger partial charge in [0.05, 0.1) is 22.6 Å². The smallest absolute Gasteiger partial charge is 0.174 e. The number of aryl methyl sites for hydroxylation is 1. The average molecular weight is 355 g/mol. The molecular weight excluding hydrogens is 338 g/mol. The van der Waals surface area contributed by atoms with Crippen molar-refractivity contribution in [1.29, 1.82) is 0 Å². The number of fused-ring (bicyclic) bond motifs is 4. The predicted octanol–water partition coefficient (Wildman–Crippen LogP) is 5.78. The zero-order valence-corrected chi connectivity index (χ0v) is 15.2. The van der Waals surface area contributed by atoms with Crippen LogP contribution in [0.1, 0.15) is 32.3 Å². The summed E-state index contributed by atoms with van der Waals surface area (Å²) >= 11 is 1.76. The fourth-order valence-electron chi connectivity index (χ4n) is 3.88. The van der Waals surface area contributed by atoms with Gasteiger partial charge in [0.2, 0.25) is 0 Å². The van der Waals surface area contributed by atoms with Gasteiger partial charge in [-0.25, -0.2) is 0 Å². The Morgan fingerprint density at radius 2 is 1.65 bits per heavy atom. The first-order valence-electron chi connectivity index (χ1n) is 8.77. The minimum Gasteiger partial charge on any atom is -0.293 e. The lowest BCUT2D eigenvalue weighted by Crippen LogP contribution is -2.22. The Balaban J connectivity index is 1.76. The molecule has 1 heterocycles. The third kappa shape index (κ3) is 2.35. The number of para-hydroxylation sites is 1. The maximum absolute atomic E-state index is 13.3. The molecule has 2 atom stereocenters. The Morgan fingerprint density at radius 3 is 2.50 bits per heavy atom. The number of rotatable bonds is 1. The topological polar surface area (TPSA) is 29.4 Å². The molecule has 0 unspecified atom stereocenters. The Labute approximate surface area is 157 Å². The summed E-state index contributed by atoms with van der Waals surface area (Å²) in [4.78, 5) is 19.4. The summed E-state index contributed by atoms with van der Waals surface area (Å²) in [5.74, 6) is -0.0576. The van der Waals surface area contributed by atoms with Crippen LogP contribution in [0, 0.1) is 12.8 Å². The van der Waals surface area contributed by atoms with E-state index < -0.39 is 0 Å². The summed E-state index contributed by atoms with van der Waals surface area (Å²) in [6, 6.07) is 24.6. The van der Waals surface area contributed by atoms with E-state index in [1.165, 1.54) is 11.1 Å². The summed E-state index contributed by atoms with van der Waals surface area (Å²) in [6.45, 7) is 2.10. The van der Waals surface area contributed by atoms with Gasteiger partial charge >= 0.3 is 0 Å². The second-order valence-corrected chi connectivity index (χ2v) is 7.99. The van der Waals surface area contributed by atoms with Crippen LogP contribution >= 0.6 is 11.8 Å². The second kappa shape index (κ2) is 5.96. The van der Waals surface area contributed by atoms with E-state index in [4.69, 9.17) is 4.99 Å². The second-order valence-electron chi connectivity index (χ2n) is 6.80. The van der Waals surface area contributed by atoms with Crippen LogP contribution in [0.25, 0.3) is 0 Å². The van der Waals surface area contributed by atoms with E-state index in [9.17, 15) is 4.79 Å². The van der Waals surface area contributed by atoms with Crippen molar-refractivity contribution >= 4 is 28.9 Å². The van der Waals surface area contributed by atoms with Gasteiger partial charge in [-0.05, 0) is 24.6 Å². The molecule has 0 radical (unpaired) electrons. The fourth-order valence-corrected chi connectivity index (χ4v) is 5.22. The van der Waals surface area contributed by atoms with Gasteiger partial charge in [-0.3, -0.25) is 9.79 Å². The standard InChI is InChI=1S/C23H17NOS/c1-14-7-6-8-15(13-14)23-20-21(16-9-2-3-10-17(16)22(20)25)24-18-11-4-5-12-19(18)26-23/h2-13,20,23H,1H3/t20-,23-/m0/s1. The zero-order chi connectivity index (χ0) is 17.7. The molecule has 3 aromatic rings. The van der Waals surface area contributed by atoms with Gasteiger partial charge in [0.15, 0.2) is 5.78 Å². The largest absolute Gasteiger partial charge is 0.293 e. The van der Waals surface area contributed by atoms with Crippen LogP contribution in [0.5, 0.6) is 0 Å². The highest BCUT2D eigenvalue weighted by molar-refractivity contribution is 7.99. The number of ketones is 1. The third-order valence-corrected chi connectivity index (χ3v) is 6.48. The van der Waals surface area contributed by atoms with Gasteiger partial charge in [0, 0.05) is 16.0 Å². The molecule has 0 bridgehead atoms. The summed E-state index contributed by atoms with van der Waals surface area (Å²) in [7, 11) is 0. The van der Waals surface area contributed by atoms with Gasteiger partial charge in [0.1, 0.15) is 0 Å². The van der Waals surface area contributed by atoms with E-state index in [1.807, 2.05) is 42.5 Å². The number of benzene rings is 3. The molecule has 3 heteroatoms. The van der Waals surface area contributed by atoms with Crippen molar-refractivity contribution in [3.8, 4) is 0 Å². The molecule has 2 nitrogen and oxygen atoms in total. The lowest BCUT2D eigenvalue weighted by atomic mass is 9.92. The summed E-state index contributed by atoms with van der Waals surface area (Å²) in [5.41, 5.74) is 6.05. The first kappa shape index (κ1) is 15.6. The lowest BCUT2D eigenvalue weighted by Gasteiger charge is -2.22. The molecule has 0 aromatic heterocycles. The van der Waals surface area contributed by atoms with Gasteiger partial charge in [-0.15, -0.1) is 11.8 Å². The van der Waals surface area contributed by atoms with Crippen molar-refractivity contribution in [2.75, 3.05) is 0 Å². The van der Waals surface area contributed by atoms with Crippen LogP contribution in [-0.2, 0) is 0 Å². The van der Waals surface area contributed by atoms with E-state index in [1.54, 1.807) is 11.8 Å². The van der Waals surface area contributed by atoms with Crippen molar-refractivity contribution in [2.24, 2.45) is 10.9 Å². The molecule has 0 N–H and O–H groups in total. The lowest BCUT2D eigenvalue weighted by molar-refractivity contribution is 0.0960. The number of thioether (sulfide) groups is 1. The van der Waals surface area contributed by atoms with Crippen molar-refractivity contribution < 1.29 is 4.79 Å². The quantitative estimate of drug-likeness (QED) is 0.554. The van der Waals surface area contributed by atoms with Crippen LogP contribution < -0.4 is 0 Å². The minimum atomic E-state index is -0.244. The molecule has 2 aliphatic rings. The van der Waals surface area contributed by atoms with Crippen molar-refractivity contribution in [3.63, 3.8) is 0 Å². The number of Topliss-reactive ketones (excluding diaryl/α,β-unsaturated/α-hetero) is 1. The van der Waals surface area contributed by atoms with E-state index in [-0.39, 0.29) is 17.0 Å². The molecular formula is C23H17NOS. The predicted molar refractivity (Wildman–Crippen MR) is 107 cm³/mol. The first-order valence-corrected chi connectivity index (χ1v) is 9.65. The third-order valence-electron chi connectivity index (χ3n) is 5.08. The number of aliphatic imine (C=N–C) groups is 1. The molecule has 26 heavy (non-hydrogen) atoms. The first-order chi connectivity index (χ1) is 12.7. The van der Waals surface area contributed by atoms with E-state index in [0.29, 0.717) is 0 Å². The normalized spacial score (nSPS) is 20.7. The molecule has 0 saturated carbocycles. The molecule has 3 aromatic carbocycles. The van der Waals surface area contributed by atoms with Crippen LogP contribution in [0.15, 0.2) is 82.7 Å². The fraction of sp³-hybridized carbons (Fsp3) is 0.130. The van der Waals surface area contributed by atoms with E-state index >= 15 is 0 Å². The highest BCUT2D eigenvalue weighted by Gasteiger charge is 2.44. The number of nitrogens with zero attached hydrogens (tertiary/aromatic N) is 1. The molecule has 0 saturated heterocycles. The molecule has 0 amide bonds. The maximum Gasteiger partial charge on any atom is 0.174 e. The van der Waals surface area contributed by atoms with Crippen LogP contribution in [0.3, 0.4) is 0 Å². The Hall–Kier alpha value is -2.65. The Bertz CT molecular complexity index is 1070. The number of carbonyl (C=O) groups excluding carboxylic acids is 1. The van der Waals surface area contributed by atoms with Crippen LogP contribution in [0.4, 0.5) is 5.69 Å². The van der Waals surface area contributed by atoms with Crippen molar-refractivity contribution in [3.05, 3.63) is 95.1 Å². The Kier molecular flexibility index (Phi) is 3.57. The maximum atomic E-state index is 13.3. The monoisotopic (exact) mass is 355 g/mol. The summed E-state index contributed by atoms with van der Waals surface area (Å²) < 4.78 is 0.